The van der Waals surface area contributed by atoms with Gasteiger partial charge in [0, 0.05) is 34.5 Å². The van der Waals surface area contributed by atoms with Gasteiger partial charge >= 0.3 is 0 Å². The van der Waals surface area contributed by atoms with Crippen LogP contribution in [0.5, 0.6) is 0 Å². The topological polar surface area (TPSA) is 80.5 Å². The fraction of sp³-hybridized carbons (Fsp3) is 0.190. The van der Waals surface area contributed by atoms with Gasteiger partial charge in [-0.2, -0.15) is 9.50 Å². The molecule has 3 aromatic heterocycles. The summed E-state index contributed by atoms with van der Waals surface area (Å²) in [5, 5.41) is 4.36. The van der Waals surface area contributed by atoms with Crippen LogP contribution in [0.1, 0.15) is 25.3 Å². The summed E-state index contributed by atoms with van der Waals surface area (Å²) >= 11 is 4.68. The minimum absolute atomic E-state index is 0.148. The van der Waals surface area contributed by atoms with E-state index in [0.717, 1.165) is 34.1 Å². The lowest BCUT2D eigenvalue weighted by Gasteiger charge is -2.16. The molecule has 150 valence electrons. The molecule has 0 N–H and O–H groups in total. The molecule has 0 saturated carbocycles. The maximum atomic E-state index is 13.3. The summed E-state index contributed by atoms with van der Waals surface area (Å²) in [4.78, 5) is 37.3. The standard InChI is InChI=1S/C21H16BrN5O2S/c1-2-3-9-26-15-7-6-13(22)10-14(15)16(19(26)28)17-20(29)27-21(30-17)24-18(25-27)12-5-4-8-23-11-12/h4-8,10-11H,2-3,9H2,1H3/b17-16-. The molecule has 0 aliphatic carbocycles. The Balaban J connectivity index is 1.72. The van der Waals surface area contributed by atoms with Crippen LogP contribution in [0.2, 0.25) is 0 Å². The molecule has 1 aliphatic heterocycles. The zero-order chi connectivity index (χ0) is 20.8. The monoisotopic (exact) mass is 481 g/mol. The first kappa shape index (κ1) is 19.1. The Labute approximate surface area is 183 Å². The normalized spacial score (nSPS) is 15.3. The molecule has 30 heavy (non-hydrogen) atoms. The quantitative estimate of drug-likeness (QED) is 0.447. The van der Waals surface area contributed by atoms with E-state index in [9.17, 15) is 9.59 Å². The molecule has 1 amide bonds. The van der Waals surface area contributed by atoms with Gasteiger partial charge < -0.3 is 4.90 Å². The van der Waals surface area contributed by atoms with E-state index in [4.69, 9.17) is 0 Å². The Morgan fingerprint density at radius 3 is 2.80 bits per heavy atom. The number of halogens is 1. The van der Waals surface area contributed by atoms with Gasteiger partial charge in [0.15, 0.2) is 5.82 Å². The molecule has 0 bridgehead atoms. The van der Waals surface area contributed by atoms with Gasteiger partial charge in [-0.05, 0) is 36.8 Å². The van der Waals surface area contributed by atoms with Crippen LogP contribution in [0.25, 0.3) is 21.9 Å². The molecule has 1 aromatic carbocycles. The van der Waals surface area contributed by atoms with E-state index in [2.05, 4.69) is 37.9 Å². The smallest absolute Gasteiger partial charge is 0.291 e. The van der Waals surface area contributed by atoms with Crippen molar-refractivity contribution >= 4 is 49.4 Å². The second-order valence-corrected chi connectivity index (χ2v) is 8.85. The van der Waals surface area contributed by atoms with Crippen molar-refractivity contribution in [2.45, 2.75) is 19.8 Å². The highest BCUT2D eigenvalue weighted by molar-refractivity contribution is 9.10. The van der Waals surface area contributed by atoms with E-state index >= 15 is 0 Å². The molecule has 4 heterocycles. The molecule has 9 heteroatoms. The Morgan fingerprint density at radius 1 is 1.20 bits per heavy atom. The van der Waals surface area contributed by atoms with E-state index in [1.165, 1.54) is 15.9 Å². The molecule has 0 spiro atoms. The number of amides is 1. The number of unbranched alkanes of at least 4 members (excludes halogenated alkanes) is 1. The summed E-state index contributed by atoms with van der Waals surface area (Å²) in [6.07, 6.45) is 5.19. The number of fused-ring (bicyclic) bond motifs is 2. The average Bonchev–Trinajstić information content (AvgIpc) is 3.38. The van der Waals surface area contributed by atoms with Crippen molar-refractivity contribution in [3.63, 3.8) is 0 Å². The first-order valence-electron chi connectivity index (χ1n) is 9.54. The fourth-order valence-electron chi connectivity index (χ4n) is 3.56. The van der Waals surface area contributed by atoms with Crippen molar-refractivity contribution in [1.82, 2.24) is 19.6 Å². The predicted molar refractivity (Wildman–Crippen MR) is 119 cm³/mol. The molecule has 4 aromatic rings. The molecule has 0 unspecified atom stereocenters. The van der Waals surface area contributed by atoms with Crippen LogP contribution >= 0.6 is 27.3 Å². The largest absolute Gasteiger partial charge is 0.308 e. The van der Waals surface area contributed by atoms with Crippen LogP contribution in [-0.4, -0.2) is 32.0 Å². The zero-order valence-electron chi connectivity index (χ0n) is 16.0. The van der Waals surface area contributed by atoms with Gasteiger partial charge in [-0.25, -0.2) is 0 Å². The van der Waals surface area contributed by atoms with E-state index < -0.39 is 0 Å². The summed E-state index contributed by atoms with van der Waals surface area (Å²) in [5.74, 6) is 0.291. The maximum Gasteiger partial charge on any atom is 0.291 e. The molecule has 0 atom stereocenters. The number of thiazole rings is 1. The third-order valence-electron chi connectivity index (χ3n) is 5.02. The van der Waals surface area contributed by atoms with Crippen molar-refractivity contribution in [2.75, 3.05) is 11.4 Å². The lowest BCUT2D eigenvalue weighted by atomic mass is 10.1. The summed E-state index contributed by atoms with van der Waals surface area (Å²) < 4.78 is 2.50. The van der Waals surface area contributed by atoms with Crippen molar-refractivity contribution in [3.8, 4) is 11.4 Å². The number of pyridine rings is 1. The van der Waals surface area contributed by atoms with E-state index in [1.807, 2.05) is 24.3 Å². The third-order valence-corrected chi connectivity index (χ3v) is 6.54. The number of benzene rings is 1. The minimum Gasteiger partial charge on any atom is -0.308 e. The highest BCUT2D eigenvalue weighted by atomic mass is 79.9. The number of carbonyl (C=O) groups is 1. The molecular weight excluding hydrogens is 466 g/mol. The van der Waals surface area contributed by atoms with Crippen LogP contribution < -0.4 is 15.0 Å². The van der Waals surface area contributed by atoms with Crippen molar-refractivity contribution in [2.24, 2.45) is 0 Å². The van der Waals surface area contributed by atoms with Crippen LogP contribution in [0.4, 0.5) is 5.69 Å². The molecule has 5 rings (SSSR count). The van der Waals surface area contributed by atoms with Crippen LogP contribution in [0, 0.1) is 0 Å². The number of aromatic nitrogens is 4. The molecule has 0 fully saturated rings. The Kier molecular flexibility index (Phi) is 4.71. The van der Waals surface area contributed by atoms with Crippen LogP contribution in [0.15, 0.2) is 52.0 Å². The zero-order valence-corrected chi connectivity index (χ0v) is 18.4. The van der Waals surface area contributed by atoms with Gasteiger partial charge in [0.25, 0.3) is 11.5 Å². The Morgan fingerprint density at radius 2 is 2.07 bits per heavy atom. The van der Waals surface area contributed by atoms with Gasteiger partial charge in [0.1, 0.15) is 4.53 Å². The first-order chi connectivity index (χ1) is 14.6. The predicted octanol–water partition coefficient (Wildman–Crippen LogP) is 3.04. The second-order valence-electron chi connectivity index (χ2n) is 6.95. The first-order valence-corrected chi connectivity index (χ1v) is 11.2. The summed E-state index contributed by atoms with van der Waals surface area (Å²) in [6, 6.07) is 9.36. The maximum absolute atomic E-state index is 13.3. The molecule has 1 aliphatic rings. The number of anilines is 1. The van der Waals surface area contributed by atoms with Gasteiger partial charge in [-0.1, -0.05) is 40.6 Å². The molecule has 0 saturated heterocycles. The van der Waals surface area contributed by atoms with Crippen molar-refractivity contribution < 1.29 is 4.79 Å². The van der Waals surface area contributed by atoms with Crippen LogP contribution in [-0.2, 0) is 4.79 Å². The Bertz CT molecular complexity index is 1400. The van der Waals surface area contributed by atoms with E-state index in [-0.39, 0.29) is 11.5 Å². The van der Waals surface area contributed by atoms with Crippen molar-refractivity contribution in [3.05, 3.63) is 67.6 Å². The SMILES string of the molecule is CCCCN1C(=O)/C(=c2\sc3nc(-c4cccnc4)nn3c2=O)c2cc(Br)ccc21. The fourth-order valence-corrected chi connectivity index (χ4v) is 4.92. The molecule has 7 nitrogen and oxygen atoms in total. The van der Waals surface area contributed by atoms with Crippen LogP contribution in [0.3, 0.4) is 0 Å². The van der Waals surface area contributed by atoms with Gasteiger partial charge in [0.05, 0.1) is 11.3 Å². The summed E-state index contributed by atoms with van der Waals surface area (Å²) in [7, 11) is 0. The van der Waals surface area contributed by atoms with Gasteiger partial charge in [0.2, 0.25) is 4.96 Å². The highest BCUT2D eigenvalue weighted by Crippen LogP contribution is 2.37. The lowest BCUT2D eigenvalue weighted by Crippen LogP contribution is -2.33. The summed E-state index contributed by atoms with van der Waals surface area (Å²) in [6.45, 7) is 2.71. The summed E-state index contributed by atoms with van der Waals surface area (Å²) in [5.41, 5.74) is 2.43. The van der Waals surface area contributed by atoms with E-state index in [0.29, 0.717) is 27.4 Å². The van der Waals surface area contributed by atoms with Gasteiger partial charge in [-0.15, -0.1) is 5.10 Å². The number of nitrogens with zero attached hydrogens (tertiary/aromatic N) is 5. The number of hydrogen-bond donors (Lipinski definition) is 0. The molecular formula is C21H16BrN5O2S. The second kappa shape index (κ2) is 7.41. The third kappa shape index (κ3) is 2.96. The van der Waals surface area contributed by atoms with E-state index in [1.54, 1.807) is 23.4 Å². The van der Waals surface area contributed by atoms with Crippen molar-refractivity contribution in [1.29, 1.82) is 0 Å². The number of rotatable bonds is 4. The Hall–Kier alpha value is -2.91. The van der Waals surface area contributed by atoms with Gasteiger partial charge in [-0.3, -0.25) is 14.6 Å². The average molecular weight is 482 g/mol. The number of hydrogen-bond acceptors (Lipinski definition) is 6. The highest BCUT2D eigenvalue weighted by Gasteiger charge is 2.34. The molecule has 0 radical (unpaired) electrons. The number of carbonyl (C=O) groups excluding carboxylic acids is 1. The lowest BCUT2D eigenvalue weighted by molar-refractivity contribution is -0.113. The minimum atomic E-state index is -0.329.